The van der Waals surface area contributed by atoms with Crippen molar-refractivity contribution >= 4 is 5.91 Å². The standard InChI is InChI=1S/C13H25N3O/c1-2-12-5-3-4-7-16(12)8-6-15-13(17)11-9-14-10-11/h11-12,14H,2-10H2,1H3,(H,15,17). The number of nitrogens with zero attached hydrogens (tertiary/aromatic N) is 1. The third kappa shape index (κ3) is 3.42. The Kier molecular flexibility index (Phi) is 4.80. The molecule has 0 aromatic heterocycles. The molecular weight excluding hydrogens is 214 g/mol. The van der Waals surface area contributed by atoms with Crippen molar-refractivity contribution < 1.29 is 4.79 Å². The van der Waals surface area contributed by atoms with Gasteiger partial charge in [-0.3, -0.25) is 9.69 Å². The number of hydrogen-bond acceptors (Lipinski definition) is 3. The SMILES string of the molecule is CCC1CCCCN1CCNC(=O)C1CNC1. The summed E-state index contributed by atoms with van der Waals surface area (Å²) < 4.78 is 0. The van der Waals surface area contributed by atoms with Crippen LogP contribution in [-0.4, -0.2) is 49.6 Å². The van der Waals surface area contributed by atoms with Gasteiger partial charge in [0, 0.05) is 32.2 Å². The van der Waals surface area contributed by atoms with Gasteiger partial charge >= 0.3 is 0 Å². The lowest BCUT2D eigenvalue weighted by molar-refractivity contribution is -0.126. The van der Waals surface area contributed by atoms with Gasteiger partial charge in [-0.15, -0.1) is 0 Å². The summed E-state index contributed by atoms with van der Waals surface area (Å²) in [6.07, 6.45) is 5.25. The maximum absolute atomic E-state index is 11.6. The summed E-state index contributed by atoms with van der Waals surface area (Å²) in [7, 11) is 0. The zero-order valence-electron chi connectivity index (χ0n) is 10.9. The van der Waals surface area contributed by atoms with Crippen molar-refractivity contribution in [2.75, 3.05) is 32.7 Å². The van der Waals surface area contributed by atoms with Crippen LogP contribution in [0.1, 0.15) is 32.6 Å². The number of nitrogens with one attached hydrogen (secondary N) is 2. The van der Waals surface area contributed by atoms with E-state index in [2.05, 4.69) is 22.5 Å². The molecule has 1 atom stereocenters. The van der Waals surface area contributed by atoms with Crippen LogP contribution in [0.2, 0.25) is 0 Å². The first-order valence-corrected chi connectivity index (χ1v) is 7.03. The largest absolute Gasteiger partial charge is 0.354 e. The number of likely N-dealkylation sites (tertiary alicyclic amines) is 1. The van der Waals surface area contributed by atoms with Crippen LogP contribution < -0.4 is 10.6 Å². The number of carbonyl (C=O) groups is 1. The zero-order chi connectivity index (χ0) is 12.1. The first-order chi connectivity index (χ1) is 8.31. The fourth-order valence-electron chi connectivity index (χ4n) is 2.76. The predicted octanol–water partition coefficient (Wildman–Crippen LogP) is 0.587. The van der Waals surface area contributed by atoms with E-state index < -0.39 is 0 Å². The third-order valence-corrected chi connectivity index (χ3v) is 4.07. The molecule has 2 aliphatic rings. The van der Waals surface area contributed by atoms with Crippen molar-refractivity contribution in [3.8, 4) is 0 Å². The summed E-state index contributed by atoms with van der Waals surface area (Å²) in [6.45, 7) is 7.01. The minimum Gasteiger partial charge on any atom is -0.354 e. The Morgan fingerprint density at radius 1 is 1.41 bits per heavy atom. The van der Waals surface area contributed by atoms with Gasteiger partial charge in [0.25, 0.3) is 0 Å². The quantitative estimate of drug-likeness (QED) is 0.738. The van der Waals surface area contributed by atoms with Crippen LogP contribution in [0.15, 0.2) is 0 Å². The van der Waals surface area contributed by atoms with E-state index in [1.54, 1.807) is 0 Å². The molecular formula is C13H25N3O. The molecule has 0 aromatic carbocycles. The molecule has 2 heterocycles. The molecule has 0 aliphatic carbocycles. The van der Waals surface area contributed by atoms with Crippen molar-refractivity contribution in [2.45, 2.75) is 38.6 Å². The average molecular weight is 239 g/mol. The van der Waals surface area contributed by atoms with Crippen LogP contribution in [0.4, 0.5) is 0 Å². The molecule has 2 fully saturated rings. The molecule has 2 saturated heterocycles. The van der Waals surface area contributed by atoms with Gasteiger partial charge in [0.15, 0.2) is 0 Å². The van der Waals surface area contributed by atoms with E-state index in [1.807, 2.05) is 0 Å². The summed E-state index contributed by atoms with van der Waals surface area (Å²) in [5, 5.41) is 6.18. The van der Waals surface area contributed by atoms with Crippen molar-refractivity contribution in [1.29, 1.82) is 0 Å². The van der Waals surface area contributed by atoms with Gasteiger partial charge in [0.05, 0.1) is 5.92 Å². The molecule has 4 nitrogen and oxygen atoms in total. The van der Waals surface area contributed by atoms with Crippen LogP contribution in [0, 0.1) is 5.92 Å². The Morgan fingerprint density at radius 3 is 2.88 bits per heavy atom. The Labute approximate surface area is 104 Å². The molecule has 0 aromatic rings. The lowest BCUT2D eigenvalue weighted by Crippen LogP contribution is -2.52. The smallest absolute Gasteiger partial charge is 0.225 e. The molecule has 1 unspecified atom stereocenters. The van der Waals surface area contributed by atoms with Gasteiger partial charge in [0.2, 0.25) is 5.91 Å². The summed E-state index contributed by atoms with van der Waals surface area (Å²) in [6, 6.07) is 0.742. The molecule has 2 aliphatic heterocycles. The summed E-state index contributed by atoms with van der Waals surface area (Å²) >= 11 is 0. The van der Waals surface area contributed by atoms with Crippen LogP contribution in [0.3, 0.4) is 0 Å². The number of carbonyl (C=O) groups excluding carboxylic acids is 1. The number of hydrogen-bond donors (Lipinski definition) is 2. The van der Waals surface area contributed by atoms with Crippen molar-refractivity contribution in [1.82, 2.24) is 15.5 Å². The molecule has 0 saturated carbocycles. The molecule has 98 valence electrons. The summed E-state index contributed by atoms with van der Waals surface area (Å²) in [5.74, 6) is 0.451. The van der Waals surface area contributed by atoms with Crippen LogP contribution in [0.5, 0.6) is 0 Å². The highest BCUT2D eigenvalue weighted by Crippen LogP contribution is 2.18. The second-order valence-corrected chi connectivity index (χ2v) is 5.24. The molecule has 4 heteroatoms. The second kappa shape index (κ2) is 6.36. The molecule has 17 heavy (non-hydrogen) atoms. The van der Waals surface area contributed by atoms with Crippen LogP contribution >= 0.6 is 0 Å². The fraction of sp³-hybridized carbons (Fsp3) is 0.923. The Hall–Kier alpha value is -0.610. The highest BCUT2D eigenvalue weighted by atomic mass is 16.2. The maximum atomic E-state index is 11.6. The third-order valence-electron chi connectivity index (χ3n) is 4.07. The molecule has 0 radical (unpaired) electrons. The summed E-state index contributed by atoms with van der Waals surface area (Å²) in [5.41, 5.74) is 0. The highest BCUT2D eigenvalue weighted by molar-refractivity contribution is 5.79. The van der Waals surface area contributed by atoms with Crippen LogP contribution in [0.25, 0.3) is 0 Å². The van der Waals surface area contributed by atoms with Gasteiger partial charge < -0.3 is 10.6 Å². The molecule has 2 N–H and O–H groups in total. The van der Waals surface area contributed by atoms with Crippen molar-refractivity contribution in [3.63, 3.8) is 0 Å². The maximum Gasteiger partial charge on any atom is 0.225 e. The van der Waals surface area contributed by atoms with E-state index in [0.717, 1.165) is 32.2 Å². The van der Waals surface area contributed by atoms with Crippen LogP contribution in [-0.2, 0) is 4.79 Å². The number of amides is 1. The Balaban J connectivity index is 1.64. The average Bonchev–Trinajstić information content (AvgIpc) is 2.27. The minimum absolute atomic E-state index is 0.221. The van der Waals surface area contributed by atoms with Gasteiger partial charge in [-0.1, -0.05) is 13.3 Å². The van der Waals surface area contributed by atoms with E-state index in [9.17, 15) is 4.79 Å². The summed E-state index contributed by atoms with van der Waals surface area (Å²) in [4.78, 5) is 14.2. The number of rotatable bonds is 5. The second-order valence-electron chi connectivity index (χ2n) is 5.24. The molecule has 2 rings (SSSR count). The highest BCUT2D eigenvalue weighted by Gasteiger charge is 2.25. The van der Waals surface area contributed by atoms with Crippen molar-refractivity contribution in [3.05, 3.63) is 0 Å². The van der Waals surface area contributed by atoms with Gasteiger partial charge in [-0.05, 0) is 25.8 Å². The Bertz CT molecular complexity index is 253. The normalized spacial score (nSPS) is 26.5. The predicted molar refractivity (Wildman–Crippen MR) is 68.9 cm³/mol. The number of piperidine rings is 1. The van der Waals surface area contributed by atoms with Crippen molar-refractivity contribution in [2.24, 2.45) is 5.92 Å². The van der Waals surface area contributed by atoms with E-state index in [4.69, 9.17) is 0 Å². The van der Waals surface area contributed by atoms with E-state index in [0.29, 0.717) is 0 Å². The first kappa shape index (κ1) is 12.8. The van der Waals surface area contributed by atoms with E-state index in [1.165, 1.54) is 32.2 Å². The molecule has 1 amide bonds. The molecule has 0 spiro atoms. The zero-order valence-corrected chi connectivity index (χ0v) is 10.9. The van der Waals surface area contributed by atoms with E-state index >= 15 is 0 Å². The van der Waals surface area contributed by atoms with Gasteiger partial charge in [0.1, 0.15) is 0 Å². The van der Waals surface area contributed by atoms with E-state index in [-0.39, 0.29) is 11.8 Å². The lowest BCUT2D eigenvalue weighted by Gasteiger charge is -2.35. The van der Waals surface area contributed by atoms with Gasteiger partial charge in [-0.25, -0.2) is 0 Å². The topological polar surface area (TPSA) is 44.4 Å². The fourth-order valence-corrected chi connectivity index (χ4v) is 2.76. The molecule has 0 bridgehead atoms. The monoisotopic (exact) mass is 239 g/mol. The minimum atomic E-state index is 0.221. The first-order valence-electron chi connectivity index (χ1n) is 7.03. The lowest BCUT2D eigenvalue weighted by atomic mass is 10.00. The van der Waals surface area contributed by atoms with Gasteiger partial charge in [-0.2, -0.15) is 0 Å². The Morgan fingerprint density at radius 2 is 2.24 bits per heavy atom.